The first-order valence-corrected chi connectivity index (χ1v) is 3.42. The molecule has 0 saturated carbocycles. The molecule has 0 aliphatic rings. The van der Waals surface area contributed by atoms with E-state index in [1.165, 1.54) is 6.92 Å². The Morgan fingerprint density at radius 1 is 1.82 bits per heavy atom. The van der Waals surface area contributed by atoms with E-state index in [0.717, 1.165) is 0 Å². The summed E-state index contributed by atoms with van der Waals surface area (Å²) < 4.78 is 4.91. The van der Waals surface area contributed by atoms with Crippen LogP contribution in [0, 0.1) is 10.1 Å². The first-order chi connectivity index (χ1) is 5.07. The Hall–Kier alpha value is -0.900. The quantitative estimate of drug-likeness (QED) is 0.462. The van der Waals surface area contributed by atoms with Crippen molar-refractivity contribution < 1.29 is 9.66 Å². The minimum absolute atomic E-state index is 0.0462. The topological polar surface area (TPSA) is 52.4 Å². The molecule has 0 aliphatic carbocycles. The second-order valence-electron chi connectivity index (χ2n) is 2.38. The Kier molecular flexibility index (Phi) is 4.45. The van der Waals surface area contributed by atoms with Crippen LogP contribution in [-0.4, -0.2) is 18.1 Å². The summed E-state index contributed by atoms with van der Waals surface area (Å²) in [5.41, 5.74) is 0.175. The lowest BCUT2D eigenvalue weighted by Crippen LogP contribution is -2.03. The highest BCUT2D eigenvalue weighted by Gasteiger charge is 2.02. The van der Waals surface area contributed by atoms with Gasteiger partial charge in [-0.05, 0) is 19.4 Å². The molecule has 0 amide bonds. The molecule has 0 saturated heterocycles. The van der Waals surface area contributed by atoms with Gasteiger partial charge in [-0.3, -0.25) is 10.1 Å². The molecule has 0 rings (SSSR count). The van der Waals surface area contributed by atoms with Crippen molar-refractivity contribution in [2.75, 3.05) is 7.11 Å². The number of hydrogen-bond donors (Lipinski definition) is 0. The van der Waals surface area contributed by atoms with Crippen molar-refractivity contribution in [1.82, 2.24) is 0 Å². The Bertz CT molecular complexity index is 165. The first-order valence-electron chi connectivity index (χ1n) is 3.42. The lowest BCUT2D eigenvalue weighted by molar-refractivity contribution is -0.424. The molecule has 0 fully saturated rings. The van der Waals surface area contributed by atoms with Crippen LogP contribution < -0.4 is 0 Å². The van der Waals surface area contributed by atoms with Gasteiger partial charge in [0.1, 0.15) is 0 Å². The third-order valence-corrected chi connectivity index (χ3v) is 1.44. The van der Waals surface area contributed by atoms with Crippen molar-refractivity contribution in [3.63, 3.8) is 0 Å². The summed E-state index contributed by atoms with van der Waals surface area (Å²) in [5.74, 6) is 0. The minimum Gasteiger partial charge on any atom is -0.381 e. The number of ether oxygens (including phenoxy) is 1. The molecule has 4 heteroatoms. The molecule has 0 bridgehead atoms. The fourth-order valence-corrected chi connectivity index (χ4v) is 0.507. The van der Waals surface area contributed by atoms with Crippen LogP contribution in [0.4, 0.5) is 0 Å². The predicted octanol–water partition coefficient (Wildman–Crippen LogP) is 1.59. The van der Waals surface area contributed by atoms with Crippen molar-refractivity contribution in [3.05, 3.63) is 21.9 Å². The molecule has 0 aliphatic heterocycles. The van der Waals surface area contributed by atoms with E-state index in [1.807, 2.05) is 6.92 Å². The van der Waals surface area contributed by atoms with Gasteiger partial charge in [-0.15, -0.1) is 0 Å². The summed E-state index contributed by atoms with van der Waals surface area (Å²) in [6.45, 7) is 3.34. The Morgan fingerprint density at radius 2 is 2.36 bits per heavy atom. The van der Waals surface area contributed by atoms with Crippen LogP contribution >= 0.6 is 0 Å². The fourth-order valence-electron chi connectivity index (χ4n) is 0.507. The molecule has 0 aromatic heterocycles. The summed E-state index contributed by atoms with van der Waals surface area (Å²) in [7, 11) is 1.58. The van der Waals surface area contributed by atoms with Crippen LogP contribution in [0.2, 0.25) is 0 Å². The third-order valence-electron chi connectivity index (χ3n) is 1.44. The molecule has 0 aromatic carbocycles. The number of hydrogen-bond acceptors (Lipinski definition) is 3. The molecular formula is C7H13NO3. The number of allylic oxidation sites excluding steroid dienone is 1. The zero-order chi connectivity index (χ0) is 8.85. The SMILES string of the molecule is COC(C)CC=C(C)[N+](=O)[O-]. The van der Waals surface area contributed by atoms with E-state index in [9.17, 15) is 10.1 Å². The molecule has 0 radical (unpaired) electrons. The van der Waals surface area contributed by atoms with Crippen molar-refractivity contribution in [1.29, 1.82) is 0 Å². The van der Waals surface area contributed by atoms with Gasteiger partial charge >= 0.3 is 0 Å². The zero-order valence-corrected chi connectivity index (χ0v) is 7.03. The van der Waals surface area contributed by atoms with Crippen LogP contribution in [0.15, 0.2) is 11.8 Å². The third kappa shape index (κ3) is 4.50. The van der Waals surface area contributed by atoms with Gasteiger partial charge in [-0.2, -0.15) is 0 Å². The molecule has 1 unspecified atom stereocenters. The average molecular weight is 159 g/mol. The van der Waals surface area contributed by atoms with Crippen molar-refractivity contribution in [2.24, 2.45) is 0 Å². The van der Waals surface area contributed by atoms with Gasteiger partial charge < -0.3 is 4.74 Å². The highest BCUT2D eigenvalue weighted by atomic mass is 16.6. The monoisotopic (exact) mass is 159 g/mol. The van der Waals surface area contributed by atoms with E-state index in [0.29, 0.717) is 6.42 Å². The van der Waals surface area contributed by atoms with E-state index in [1.54, 1.807) is 13.2 Å². The van der Waals surface area contributed by atoms with Gasteiger partial charge in [0.2, 0.25) is 5.70 Å². The van der Waals surface area contributed by atoms with E-state index in [2.05, 4.69) is 0 Å². The Balaban J connectivity index is 3.82. The maximum atomic E-state index is 10.1. The molecule has 0 heterocycles. The number of rotatable bonds is 4. The second kappa shape index (κ2) is 4.85. The van der Waals surface area contributed by atoms with Crippen LogP contribution in [0.1, 0.15) is 20.3 Å². The highest BCUT2D eigenvalue weighted by molar-refractivity contribution is 4.88. The zero-order valence-electron chi connectivity index (χ0n) is 7.03. The van der Waals surface area contributed by atoms with Gasteiger partial charge in [-0.25, -0.2) is 0 Å². The largest absolute Gasteiger partial charge is 0.381 e. The van der Waals surface area contributed by atoms with E-state index in [-0.39, 0.29) is 11.8 Å². The number of nitro groups is 1. The molecule has 0 aromatic rings. The van der Waals surface area contributed by atoms with E-state index in [4.69, 9.17) is 4.74 Å². The highest BCUT2D eigenvalue weighted by Crippen LogP contribution is 2.01. The molecule has 11 heavy (non-hydrogen) atoms. The van der Waals surface area contributed by atoms with Crippen LogP contribution in [0.5, 0.6) is 0 Å². The van der Waals surface area contributed by atoms with Crippen molar-refractivity contribution in [3.8, 4) is 0 Å². The maximum Gasteiger partial charge on any atom is 0.239 e. The number of nitrogens with zero attached hydrogens (tertiary/aromatic N) is 1. The van der Waals surface area contributed by atoms with Crippen LogP contribution in [0.3, 0.4) is 0 Å². The van der Waals surface area contributed by atoms with Gasteiger partial charge in [0.25, 0.3) is 0 Å². The van der Waals surface area contributed by atoms with Gasteiger partial charge in [0, 0.05) is 14.0 Å². The van der Waals surface area contributed by atoms with Crippen molar-refractivity contribution >= 4 is 0 Å². The summed E-state index contributed by atoms with van der Waals surface area (Å²) >= 11 is 0. The maximum absolute atomic E-state index is 10.1. The summed E-state index contributed by atoms with van der Waals surface area (Å²) in [4.78, 5) is 9.70. The van der Waals surface area contributed by atoms with Gasteiger partial charge in [-0.1, -0.05) is 0 Å². The second-order valence-corrected chi connectivity index (χ2v) is 2.38. The molecule has 64 valence electrons. The summed E-state index contributed by atoms with van der Waals surface area (Å²) in [6, 6.07) is 0. The van der Waals surface area contributed by atoms with E-state index < -0.39 is 4.92 Å². The van der Waals surface area contributed by atoms with Crippen molar-refractivity contribution in [2.45, 2.75) is 26.4 Å². The standard InChI is InChI=1S/C7H13NO3/c1-6(8(9)10)4-5-7(2)11-3/h4,7H,5H2,1-3H3. The van der Waals surface area contributed by atoms with E-state index >= 15 is 0 Å². The Morgan fingerprint density at radius 3 is 2.73 bits per heavy atom. The lowest BCUT2D eigenvalue weighted by atomic mass is 10.2. The Labute approximate surface area is 66.0 Å². The van der Waals surface area contributed by atoms with Crippen LogP contribution in [0.25, 0.3) is 0 Å². The minimum atomic E-state index is -0.400. The molecule has 0 spiro atoms. The normalized spacial score (nSPS) is 14.6. The molecular weight excluding hydrogens is 146 g/mol. The number of methoxy groups -OCH3 is 1. The van der Waals surface area contributed by atoms with Gasteiger partial charge in [0.15, 0.2) is 0 Å². The molecule has 4 nitrogen and oxygen atoms in total. The first kappa shape index (κ1) is 10.1. The molecule has 0 N–H and O–H groups in total. The van der Waals surface area contributed by atoms with Crippen LogP contribution in [-0.2, 0) is 4.74 Å². The van der Waals surface area contributed by atoms with Gasteiger partial charge in [0.05, 0.1) is 11.0 Å². The average Bonchev–Trinajstić information content (AvgIpc) is 1.99. The molecule has 1 atom stereocenters. The summed E-state index contributed by atoms with van der Waals surface area (Å²) in [6.07, 6.45) is 2.20. The smallest absolute Gasteiger partial charge is 0.239 e. The summed E-state index contributed by atoms with van der Waals surface area (Å²) in [5, 5.41) is 10.1. The predicted molar refractivity (Wildman–Crippen MR) is 41.8 cm³/mol. The lowest BCUT2D eigenvalue weighted by Gasteiger charge is -2.03. The fraction of sp³-hybridized carbons (Fsp3) is 0.714.